The molecule has 0 spiro atoms. The number of hydrogen-bond donors (Lipinski definition) is 0. The van der Waals surface area contributed by atoms with E-state index in [1.807, 2.05) is 18.2 Å². The number of nitrogens with zero attached hydrogens (tertiary/aromatic N) is 2. The number of rotatable bonds is 4. The molecule has 1 aromatic carbocycles. The van der Waals surface area contributed by atoms with Crippen molar-refractivity contribution in [3.8, 4) is 0 Å². The first-order valence-electron chi connectivity index (χ1n) is 6.46. The summed E-state index contributed by atoms with van der Waals surface area (Å²) in [6, 6.07) is 9.11. The van der Waals surface area contributed by atoms with Gasteiger partial charge < -0.3 is 4.90 Å². The fourth-order valence-corrected chi connectivity index (χ4v) is 3.71. The van der Waals surface area contributed by atoms with E-state index in [1.165, 1.54) is 10.4 Å². The van der Waals surface area contributed by atoms with Crippen LogP contribution in [0, 0.1) is 0 Å². The third kappa shape index (κ3) is 3.46. The molecule has 1 aliphatic heterocycles. The number of hydrogen-bond acceptors (Lipinski definition) is 3. The molecule has 1 saturated heterocycles. The van der Waals surface area contributed by atoms with Crippen LogP contribution in [-0.4, -0.2) is 49.7 Å². The Morgan fingerprint density at radius 1 is 1.15 bits per heavy atom. The second-order valence-corrected chi connectivity index (χ2v) is 6.64. The Bertz CT molecular complexity index is 576. The smallest absolute Gasteiger partial charge is 0.246 e. The Morgan fingerprint density at radius 2 is 1.75 bits per heavy atom. The number of sulfonamides is 1. The predicted octanol–water partition coefficient (Wildman–Crippen LogP) is 0.847. The van der Waals surface area contributed by atoms with Crippen molar-refractivity contribution in [2.45, 2.75) is 5.75 Å². The van der Waals surface area contributed by atoms with Gasteiger partial charge in [-0.05, 0) is 11.6 Å². The van der Waals surface area contributed by atoms with Gasteiger partial charge in [-0.3, -0.25) is 4.79 Å². The molecule has 0 unspecified atom stereocenters. The van der Waals surface area contributed by atoms with E-state index in [9.17, 15) is 13.2 Å². The van der Waals surface area contributed by atoms with Crippen molar-refractivity contribution >= 4 is 15.9 Å². The maximum Gasteiger partial charge on any atom is 0.246 e. The summed E-state index contributed by atoms with van der Waals surface area (Å²) in [6.07, 6.45) is 1.26. The Kier molecular flexibility index (Phi) is 4.57. The number of carbonyl (C=O) groups is 1. The Morgan fingerprint density at radius 3 is 2.30 bits per heavy atom. The summed E-state index contributed by atoms with van der Waals surface area (Å²) in [5.74, 6) is -0.145. The van der Waals surface area contributed by atoms with Gasteiger partial charge >= 0.3 is 0 Å². The first-order chi connectivity index (χ1) is 9.53. The zero-order valence-electron chi connectivity index (χ0n) is 11.2. The summed E-state index contributed by atoms with van der Waals surface area (Å²) in [6.45, 7) is 4.95. The van der Waals surface area contributed by atoms with Gasteiger partial charge in [-0.25, -0.2) is 8.42 Å². The van der Waals surface area contributed by atoms with Crippen molar-refractivity contribution in [3.63, 3.8) is 0 Å². The van der Waals surface area contributed by atoms with Crippen molar-refractivity contribution in [1.29, 1.82) is 0 Å². The van der Waals surface area contributed by atoms with Gasteiger partial charge in [-0.15, -0.1) is 0 Å². The minimum absolute atomic E-state index is 0.00322. The normalized spacial score (nSPS) is 16.9. The molecule has 1 aromatic rings. The van der Waals surface area contributed by atoms with Gasteiger partial charge in [0.25, 0.3) is 0 Å². The van der Waals surface area contributed by atoms with E-state index in [0.29, 0.717) is 26.2 Å². The lowest BCUT2D eigenvalue weighted by atomic mass is 10.2. The first-order valence-corrected chi connectivity index (χ1v) is 8.07. The largest absolute Gasteiger partial charge is 0.337 e. The van der Waals surface area contributed by atoms with Gasteiger partial charge in [0, 0.05) is 26.2 Å². The number of amides is 1. The van der Waals surface area contributed by atoms with E-state index < -0.39 is 10.0 Å². The lowest BCUT2D eigenvalue weighted by molar-refractivity contribution is -0.127. The van der Waals surface area contributed by atoms with Crippen LogP contribution in [0.4, 0.5) is 0 Å². The Hall–Kier alpha value is -1.66. The van der Waals surface area contributed by atoms with Gasteiger partial charge in [0.1, 0.15) is 0 Å². The van der Waals surface area contributed by atoms with E-state index in [1.54, 1.807) is 17.0 Å². The van der Waals surface area contributed by atoms with Crippen molar-refractivity contribution < 1.29 is 13.2 Å². The lowest BCUT2D eigenvalue weighted by Crippen LogP contribution is -2.50. The number of benzene rings is 1. The van der Waals surface area contributed by atoms with Crippen LogP contribution in [0.25, 0.3) is 0 Å². The average Bonchev–Trinajstić information content (AvgIpc) is 2.47. The standard InChI is InChI=1S/C14H18N2O3S/c1-2-14(17)15-8-10-16(11-9-15)20(18,19)12-13-6-4-3-5-7-13/h2-7H,1,8-12H2. The molecule has 1 aliphatic rings. The molecule has 0 aliphatic carbocycles. The number of carbonyl (C=O) groups excluding carboxylic acids is 1. The maximum atomic E-state index is 12.3. The molecule has 1 amide bonds. The van der Waals surface area contributed by atoms with Crippen LogP contribution in [0.5, 0.6) is 0 Å². The highest BCUT2D eigenvalue weighted by Gasteiger charge is 2.28. The van der Waals surface area contributed by atoms with Gasteiger partial charge in [0.15, 0.2) is 0 Å². The molecule has 1 fully saturated rings. The minimum atomic E-state index is -3.32. The third-order valence-corrected chi connectivity index (χ3v) is 5.16. The van der Waals surface area contributed by atoms with Gasteiger partial charge in [0.05, 0.1) is 5.75 Å². The molecule has 0 bridgehead atoms. The maximum absolute atomic E-state index is 12.3. The fraction of sp³-hybridized carbons (Fsp3) is 0.357. The molecule has 20 heavy (non-hydrogen) atoms. The molecular weight excluding hydrogens is 276 g/mol. The molecule has 0 N–H and O–H groups in total. The van der Waals surface area contributed by atoms with Crippen LogP contribution in [0.1, 0.15) is 5.56 Å². The van der Waals surface area contributed by atoms with Crippen molar-refractivity contribution in [2.75, 3.05) is 26.2 Å². The molecule has 6 heteroatoms. The molecule has 0 atom stereocenters. The van der Waals surface area contributed by atoms with Gasteiger partial charge in [-0.1, -0.05) is 36.9 Å². The lowest BCUT2D eigenvalue weighted by Gasteiger charge is -2.33. The Labute approximate surface area is 119 Å². The second-order valence-electron chi connectivity index (χ2n) is 4.67. The minimum Gasteiger partial charge on any atom is -0.337 e. The van der Waals surface area contributed by atoms with E-state index in [4.69, 9.17) is 0 Å². The van der Waals surface area contributed by atoms with Crippen LogP contribution in [-0.2, 0) is 20.6 Å². The highest BCUT2D eigenvalue weighted by atomic mass is 32.2. The number of piperazine rings is 1. The first kappa shape index (κ1) is 14.7. The van der Waals surface area contributed by atoms with Gasteiger partial charge in [0.2, 0.25) is 15.9 Å². The zero-order chi connectivity index (χ0) is 14.6. The highest BCUT2D eigenvalue weighted by Crippen LogP contribution is 2.13. The quantitative estimate of drug-likeness (QED) is 0.774. The third-order valence-electron chi connectivity index (χ3n) is 3.31. The summed E-state index contributed by atoms with van der Waals surface area (Å²) in [7, 11) is -3.32. The van der Waals surface area contributed by atoms with Crippen LogP contribution in [0.15, 0.2) is 43.0 Å². The van der Waals surface area contributed by atoms with Gasteiger partial charge in [-0.2, -0.15) is 4.31 Å². The molecule has 1 heterocycles. The summed E-state index contributed by atoms with van der Waals surface area (Å²) >= 11 is 0. The van der Waals surface area contributed by atoms with Crippen LogP contribution in [0.3, 0.4) is 0 Å². The van der Waals surface area contributed by atoms with Crippen LogP contribution >= 0.6 is 0 Å². The van der Waals surface area contributed by atoms with Crippen LogP contribution < -0.4 is 0 Å². The van der Waals surface area contributed by atoms with E-state index in [2.05, 4.69) is 6.58 Å². The molecule has 108 valence electrons. The van der Waals surface area contributed by atoms with E-state index >= 15 is 0 Å². The molecular formula is C14H18N2O3S. The predicted molar refractivity (Wildman–Crippen MR) is 77.4 cm³/mol. The molecule has 5 nitrogen and oxygen atoms in total. The van der Waals surface area contributed by atoms with E-state index in [-0.39, 0.29) is 11.7 Å². The van der Waals surface area contributed by atoms with E-state index in [0.717, 1.165) is 5.56 Å². The highest BCUT2D eigenvalue weighted by molar-refractivity contribution is 7.88. The topological polar surface area (TPSA) is 57.7 Å². The summed E-state index contributed by atoms with van der Waals surface area (Å²) in [4.78, 5) is 13.1. The van der Waals surface area contributed by atoms with Crippen molar-refractivity contribution in [2.24, 2.45) is 0 Å². The summed E-state index contributed by atoms with van der Waals surface area (Å²) in [5.41, 5.74) is 0.775. The van der Waals surface area contributed by atoms with Crippen molar-refractivity contribution in [1.82, 2.24) is 9.21 Å². The Balaban J connectivity index is 1.99. The summed E-state index contributed by atoms with van der Waals surface area (Å²) < 4.78 is 26.1. The molecule has 0 aromatic heterocycles. The summed E-state index contributed by atoms with van der Waals surface area (Å²) in [5, 5.41) is 0. The molecule has 0 radical (unpaired) electrons. The average molecular weight is 294 g/mol. The zero-order valence-corrected chi connectivity index (χ0v) is 12.1. The monoisotopic (exact) mass is 294 g/mol. The SMILES string of the molecule is C=CC(=O)N1CCN(S(=O)(=O)Cc2ccccc2)CC1. The van der Waals surface area contributed by atoms with Crippen molar-refractivity contribution in [3.05, 3.63) is 48.6 Å². The molecule has 0 saturated carbocycles. The van der Waals surface area contributed by atoms with Crippen LogP contribution in [0.2, 0.25) is 0 Å². The molecule has 2 rings (SSSR count). The fourth-order valence-electron chi connectivity index (χ4n) is 2.19. The second kappa shape index (κ2) is 6.19.